The van der Waals surface area contributed by atoms with Crippen LogP contribution in [0, 0.1) is 0 Å². The first-order valence-electron chi connectivity index (χ1n) is 19.3. The maximum absolute atomic E-state index is 6.32. The van der Waals surface area contributed by atoms with Gasteiger partial charge in [0.15, 0.2) is 0 Å². The van der Waals surface area contributed by atoms with Gasteiger partial charge in [0, 0.05) is 51.0 Å². The third-order valence-electron chi connectivity index (χ3n) is 10.7. The minimum atomic E-state index is 0.871. The molecule has 0 atom stereocenters. The van der Waals surface area contributed by atoms with Gasteiger partial charge in [0.25, 0.3) is 0 Å². The predicted octanol–water partition coefficient (Wildman–Crippen LogP) is 15.5. The molecule has 0 radical (unpaired) electrons. The Kier molecular flexibility index (Phi) is 8.86. The minimum absolute atomic E-state index is 0.871. The Hall–Kier alpha value is -7.62. The van der Waals surface area contributed by atoms with Gasteiger partial charge in [-0.15, -0.1) is 0 Å². The van der Waals surface area contributed by atoms with E-state index in [4.69, 9.17) is 4.42 Å². The zero-order chi connectivity index (χ0) is 38.0. The molecule has 10 rings (SSSR count). The van der Waals surface area contributed by atoms with Crippen molar-refractivity contribution in [2.45, 2.75) is 0 Å². The lowest BCUT2D eigenvalue weighted by molar-refractivity contribution is 0.669. The second-order valence-corrected chi connectivity index (χ2v) is 14.2. The van der Waals surface area contributed by atoms with E-state index in [2.05, 4.69) is 228 Å². The van der Waals surface area contributed by atoms with Crippen LogP contribution in [0.5, 0.6) is 0 Å². The number of anilines is 6. The Bertz CT molecular complexity index is 2920. The summed E-state index contributed by atoms with van der Waals surface area (Å²) < 4.78 is 6.32. The van der Waals surface area contributed by atoms with Crippen LogP contribution in [0.2, 0.25) is 0 Å². The highest BCUT2D eigenvalue weighted by molar-refractivity contribution is 6.06. The fourth-order valence-electron chi connectivity index (χ4n) is 7.91. The average Bonchev–Trinajstić information content (AvgIpc) is 3.66. The molecule has 0 spiro atoms. The maximum Gasteiger partial charge on any atom is 0.137 e. The lowest BCUT2D eigenvalue weighted by Gasteiger charge is -2.27. The Morgan fingerprint density at radius 3 is 1.26 bits per heavy atom. The van der Waals surface area contributed by atoms with Crippen LogP contribution in [0.3, 0.4) is 0 Å². The lowest BCUT2D eigenvalue weighted by atomic mass is 9.93. The number of rotatable bonds is 9. The number of furan rings is 1. The molecule has 0 saturated carbocycles. The molecule has 10 aromatic rings. The van der Waals surface area contributed by atoms with E-state index in [9.17, 15) is 0 Å². The molecule has 1 heterocycles. The van der Waals surface area contributed by atoms with Crippen LogP contribution >= 0.6 is 0 Å². The Morgan fingerprint density at radius 1 is 0.246 bits per heavy atom. The SMILES string of the molecule is c1ccc(-c2ccc(N(c3ccccc3)c3ccc(-c4ccc(N(c5ccccc5)c5ccc6c(c5)oc5ccccc56)cc4)c(-c4ccccc4)c3)cc2)cc1. The molecule has 0 unspecified atom stereocenters. The average molecular weight is 731 g/mol. The fourth-order valence-corrected chi connectivity index (χ4v) is 7.91. The summed E-state index contributed by atoms with van der Waals surface area (Å²) in [6.07, 6.45) is 0. The molecule has 1 aromatic heterocycles. The first-order valence-corrected chi connectivity index (χ1v) is 19.3. The van der Waals surface area contributed by atoms with E-state index in [0.29, 0.717) is 0 Å². The van der Waals surface area contributed by atoms with Crippen LogP contribution < -0.4 is 9.80 Å². The molecule has 3 heteroatoms. The van der Waals surface area contributed by atoms with Gasteiger partial charge in [0.1, 0.15) is 11.2 Å². The van der Waals surface area contributed by atoms with Crippen LogP contribution in [0.1, 0.15) is 0 Å². The summed E-state index contributed by atoms with van der Waals surface area (Å²) >= 11 is 0. The molecule has 9 aromatic carbocycles. The highest BCUT2D eigenvalue weighted by Gasteiger charge is 2.19. The molecule has 0 aliphatic carbocycles. The van der Waals surface area contributed by atoms with Gasteiger partial charge in [-0.1, -0.05) is 146 Å². The van der Waals surface area contributed by atoms with Crippen molar-refractivity contribution in [3.8, 4) is 33.4 Å². The largest absolute Gasteiger partial charge is 0.456 e. The molecule has 0 N–H and O–H groups in total. The quantitative estimate of drug-likeness (QED) is 0.147. The van der Waals surface area contributed by atoms with Crippen molar-refractivity contribution in [2.75, 3.05) is 9.80 Å². The van der Waals surface area contributed by atoms with Crippen molar-refractivity contribution in [1.29, 1.82) is 0 Å². The molecular weight excluding hydrogens is 693 g/mol. The standard InChI is InChI=1S/C54H38N2O/c1-5-15-39(16-6-1)40-25-29-45(30-26-40)55(43-19-9-3-10-20-43)47-33-35-49(52(37-47)41-17-7-2-8-18-41)42-27-31-46(32-28-42)56(44-21-11-4-12-22-44)48-34-36-51-50-23-13-14-24-53(50)57-54(51)38-48/h1-38H. The monoisotopic (exact) mass is 730 g/mol. The van der Waals surface area contributed by atoms with Crippen LogP contribution in [0.4, 0.5) is 34.1 Å². The smallest absolute Gasteiger partial charge is 0.137 e. The number of benzene rings is 9. The molecule has 57 heavy (non-hydrogen) atoms. The third-order valence-corrected chi connectivity index (χ3v) is 10.7. The van der Waals surface area contributed by atoms with E-state index in [0.717, 1.165) is 72.8 Å². The first kappa shape index (κ1) is 33.9. The number of para-hydroxylation sites is 3. The van der Waals surface area contributed by atoms with Gasteiger partial charge in [-0.3, -0.25) is 0 Å². The zero-order valence-electron chi connectivity index (χ0n) is 31.2. The molecule has 0 aliphatic rings. The Balaban J connectivity index is 1.05. The van der Waals surface area contributed by atoms with Crippen LogP contribution in [0.25, 0.3) is 55.3 Å². The van der Waals surface area contributed by atoms with Crippen molar-refractivity contribution in [2.24, 2.45) is 0 Å². The van der Waals surface area contributed by atoms with Gasteiger partial charge in [-0.05, 0) is 112 Å². The van der Waals surface area contributed by atoms with Gasteiger partial charge in [0.2, 0.25) is 0 Å². The number of hydrogen-bond acceptors (Lipinski definition) is 3. The van der Waals surface area contributed by atoms with Gasteiger partial charge in [0.05, 0.1) is 0 Å². The molecule has 0 saturated heterocycles. The summed E-state index contributed by atoms with van der Waals surface area (Å²) in [5.41, 5.74) is 15.3. The highest BCUT2D eigenvalue weighted by atomic mass is 16.3. The first-order chi connectivity index (χ1) is 28.3. The fraction of sp³-hybridized carbons (Fsp3) is 0. The van der Waals surface area contributed by atoms with Crippen molar-refractivity contribution in [3.63, 3.8) is 0 Å². The third kappa shape index (κ3) is 6.62. The molecule has 0 bridgehead atoms. The van der Waals surface area contributed by atoms with E-state index in [1.807, 2.05) is 12.1 Å². The topological polar surface area (TPSA) is 19.6 Å². The molecule has 3 nitrogen and oxygen atoms in total. The molecule has 0 fully saturated rings. The number of fused-ring (bicyclic) bond motifs is 3. The zero-order valence-corrected chi connectivity index (χ0v) is 31.2. The summed E-state index contributed by atoms with van der Waals surface area (Å²) in [4.78, 5) is 4.63. The van der Waals surface area contributed by atoms with Crippen LogP contribution in [-0.4, -0.2) is 0 Å². The van der Waals surface area contributed by atoms with E-state index in [1.165, 1.54) is 16.7 Å². The Labute approximate surface area is 333 Å². The lowest BCUT2D eigenvalue weighted by Crippen LogP contribution is -2.10. The predicted molar refractivity (Wildman–Crippen MR) is 239 cm³/mol. The molecule has 270 valence electrons. The van der Waals surface area contributed by atoms with Gasteiger partial charge in [-0.25, -0.2) is 0 Å². The van der Waals surface area contributed by atoms with Crippen molar-refractivity contribution in [1.82, 2.24) is 0 Å². The normalized spacial score (nSPS) is 11.2. The van der Waals surface area contributed by atoms with Gasteiger partial charge < -0.3 is 14.2 Å². The maximum atomic E-state index is 6.32. The second kappa shape index (κ2) is 14.9. The summed E-state index contributed by atoms with van der Waals surface area (Å²) in [6.45, 7) is 0. The summed E-state index contributed by atoms with van der Waals surface area (Å²) in [6, 6.07) is 81.7. The van der Waals surface area contributed by atoms with Crippen molar-refractivity contribution < 1.29 is 4.42 Å². The summed E-state index contributed by atoms with van der Waals surface area (Å²) in [7, 11) is 0. The summed E-state index contributed by atoms with van der Waals surface area (Å²) in [5, 5.41) is 2.24. The molecular formula is C54H38N2O. The summed E-state index contributed by atoms with van der Waals surface area (Å²) in [5.74, 6) is 0. The van der Waals surface area contributed by atoms with Crippen LogP contribution in [-0.2, 0) is 0 Å². The molecule has 0 amide bonds. The second-order valence-electron chi connectivity index (χ2n) is 14.2. The Morgan fingerprint density at radius 2 is 0.649 bits per heavy atom. The van der Waals surface area contributed by atoms with Crippen molar-refractivity contribution >= 4 is 56.1 Å². The van der Waals surface area contributed by atoms with E-state index >= 15 is 0 Å². The van der Waals surface area contributed by atoms with Crippen molar-refractivity contribution in [3.05, 3.63) is 231 Å². The number of hydrogen-bond donors (Lipinski definition) is 0. The number of nitrogens with zero attached hydrogens (tertiary/aromatic N) is 2. The van der Waals surface area contributed by atoms with E-state index in [-0.39, 0.29) is 0 Å². The van der Waals surface area contributed by atoms with Gasteiger partial charge >= 0.3 is 0 Å². The van der Waals surface area contributed by atoms with E-state index < -0.39 is 0 Å². The molecule has 0 aliphatic heterocycles. The van der Waals surface area contributed by atoms with Gasteiger partial charge in [-0.2, -0.15) is 0 Å². The minimum Gasteiger partial charge on any atom is -0.456 e. The van der Waals surface area contributed by atoms with Crippen LogP contribution in [0.15, 0.2) is 235 Å². The van der Waals surface area contributed by atoms with E-state index in [1.54, 1.807) is 0 Å². The highest BCUT2D eigenvalue weighted by Crippen LogP contribution is 2.43.